The van der Waals surface area contributed by atoms with Gasteiger partial charge in [0.1, 0.15) is 0 Å². The van der Waals surface area contributed by atoms with Crippen molar-refractivity contribution in [2.45, 2.75) is 71.1 Å². The molecule has 0 unspecified atom stereocenters. The molecule has 1 N–H and O–H groups in total. The van der Waals surface area contributed by atoms with Gasteiger partial charge < -0.3 is 5.32 Å². The highest BCUT2D eigenvalue weighted by Crippen LogP contribution is 2.14. The summed E-state index contributed by atoms with van der Waals surface area (Å²) < 4.78 is 25.8. The Kier molecular flexibility index (Phi) is 9.44. The molecular weight excluding hydrogens is 284 g/mol. The number of hydrogen-bond acceptors (Lipinski definition) is 1. The lowest BCUT2D eigenvalue weighted by molar-refractivity contribution is -0.116. The molecule has 1 rings (SSSR count). The summed E-state index contributed by atoms with van der Waals surface area (Å²) in [6.07, 6.45) is 11.2. The molecule has 0 aliphatic carbocycles. The molecule has 124 valence electrons. The Morgan fingerprint density at radius 2 is 1.50 bits per heavy atom. The molecule has 0 aromatic heterocycles. The van der Waals surface area contributed by atoms with Gasteiger partial charge in [-0.15, -0.1) is 0 Å². The van der Waals surface area contributed by atoms with E-state index in [9.17, 15) is 13.6 Å². The van der Waals surface area contributed by atoms with E-state index in [0.717, 1.165) is 31.4 Å². The molecule has 2 nitrogen and oxygen atoms in total. The number of halogens is 2. The number of carbonyl (C=O) groups excluding carboxylic acids is 1. The maximum Gasteiger partial charge on any atom is 0.224 e. The second-order valence-corrected chi connectivity index (χ2v) is 5.76. The third kappa shape index (κ3) is 8.11. The number of anilines is 1. The van der Waals surface area contributed by atoms with E-state index < -0.39 is 11.6 Å². The minimum atomic E-state index is -0.944. The average molecular weight is 311 g/mol. The summed E-state index contributed by atoms with van der Waals surface area (Å²) in [5.41, 5.74) is 0.305. The maximum atomic E-state index is 13.0. The Hall–Kier alpha value is -1.45. The Morgan fingerprint density at radius 3 is 2.09 bits per heavy atom. The van der Waals surface area contributed by atoms with Crippen LogP contribution in [0.2, 0.25) is 0 Å². The van der Waals surface area contributed by atoms with Crippen molar-refractivity contribution in [1.29, 1.82) is 0 Å². The van der Waals surface area contributed by atoms with E-state index in [1.54, 1.807) is 0 Å². The number of hydrogen-bond donors (Lipinski definition) is 1. The number of carbonyl (C=O) groups is 1. The van der Waals surface area contributed by atoms with Crippen LogP contribution in [0.25, 0.3) is 0 Å². The van der Waals surface area contributed by atoms with Crippen LogP contribution in [0.4, 0.5) is 14.5 Å². The summed E-state index contributed by atoms with van der Waals surface area (Å²) >= 11 is 0. The molecule has 0 fully saturated rings. The number of amides is 1. The van der Waals surface area contributed by atoms with Crippen molar-refractivity contribution in [1.82, 2.24) is 0 Å². The van der Waals surface area contributed by atoms with Gasteiger partial charge in [-0.2, -0.15) is 0 Å². The molecule has 0 aliphatic rings. The SMILES string of the molecule is CCCCCCCCCCCC(=O)Nc1ccc(F)c(F)c1. The molecular formula is C18H27F2NO. The largest absolute Gasteiger partial charge is 0.326 e. The fourth-order valence-corrected chi connectivity index (χ4v) is 2.39. The lowest BCUT2D eigenvalue weighted by Crippen LogP contribution is -2.11. The van der Waals surface area contributed by atoms with E-state index in [0.29, 0.717) is 12.1 Å². The second kappa shape index (κ2) is 11.2. The molecule has 1 amide bonds. The summed E-state index contributed by atoms with van der Waals surface area (Å²) in [5, 5.41) is 2.59. The zero-order valence-corrected chi connectivity index (χ0v) is 13.5. The molecule has 4 heteroatoms. The van der Waals surface area contributed by atoms with Gasteiger partial charge in [0, 0.05) is 18.2 Å². The molecule has 1 aromatic rings. The highest BCUT2D eigenvalue weighted by atomic mass is 19.2. The number of nitrogens with one attached hydrogen (secondary N) is 1. The van der Waals surface area contributed by atoms with Gasteiger partial charge in [-0.3, -0.25) is 4.79 Å². The first kappa shape index (κ1) is 18.6. The molecule has 0 saturated heterocycles. The van der Waals surface area contributed by atoms with Crippen LogP contribution in [0.15, 0.2) is 18.2 Å². The van der Waals surface area contributed by atoms with Crippen LogP contribution in [0.3, 0.4) is 0 Å². The van der Waals surface area contributed by atoms with Crippen LogP contribution in [0, 0.1) is 11.6 Å². The third-order valence-corrected chi connectivity index (χ3v) is 3.71. The molecule has 0 radical (unpaired) electrons. The van der Waals surface area contributed by atoms with Crippen LogP contribution in [0.1, 0.15) is 71.1 Å². The number of rotatable bonds is 11. The predicted molar refractivity (Wildman–Crippen MR) is 86.8 cm³/mol. The minimum Gasteiger partial charge on any atom is -0.326 e. The van der Waals surface area contributed by atoms with Gasteiger partial charge in [0.25, 0.3) is 0 Å². The quantitative estimate of drug-likeness (QED) is 0.512. The van der Waals surface area contributed by atoms with E-state index in [1.165, 1.54) is 44.6 Å². The zero-order chi connectivity index (χ0) is 16.2. The van der Waals surface area contributed by atoms with Crippen LogP contribution >= 0.6 is 0 Å². The van der Waals surface area contributed by atoms with Gasteiger partial charge in [0.05, 0.1) is 0 Å². The fourth-order valence-electron chi connectivity index (χ4n) is 2.39. The molecule has 1 aromatic carbocycles. The minimum absolute atomic E-state index is 0.144. The Bertz CT molecular complexity index is 449. The van der Waals surface area contributed by atoms with E-state index in [2.05, 4.69) is 12.2 Å². The molecule has 0 spiro atoms. The first-order valence-corrected chi connectivity index (χ1v) is 8.38. The summed E-state index contributed by atoms with van der Waals surface area (Å²) in [6, 6.07) is 3.39. The van der Waals surface area contributed by atoms with Crippen molar-refractivity contribution in [3.8, 4) is 0 Å². The van der Waals surface area contributed by atoms with E-state index >= 15 is 0 Å². The van der Waals surface area contributed by atoms with E-state index in [-0.39, 0.29) is 5.91 Å². The maximum absolute atomic E-state index is 13.0. The van der Waals surface area contributed by atoms with Crippen molar-refractivity contribution in [3.05, 3.63) is 29.8 Å². The monoisotopic (exact) mass is 311 g/mol. The van der Waals surface area contributed by atoms with Crippen molar-refractivity contribution in [2.75, 3.05) is 5.32 Å². The number of benzene rings is 1. The Morgan fingerprint density at radius 1 is 0.909 bits per heavy atom. The highest BCUT2D eigenvalue weighted by Gasteiger charge is 2.06. The number of unbranched alkanes of at least 4 members (excludes halogenated alkanes) is 8. The molecule has 0 heterocycles. The van der Waals surface area contributed by atoms with Crippen molar-refractivity contribution in [2.24, 2.45) is 0 Å². The molecule has 0 atom stereocenters. The highest BCUT2D eigenvalue weighted by molar-refractivity contribution is 5.90. The van der Waals surface area contributed by atoms with Gasteiger partial charge >= 0.3 is 0 Å². The Labute approximate surface area is 132 Å². The molecule has 0 aliphatic heterocycles. The van der Waals surface area contributed by atoms with Crippen LogP contribution in [-0.2, 0) is 4.79 Å². The predicted octanol–water partition coefficient (Wildman–Crippen LogP) is 5.82. The third-order valence-electron chi connectivity index (χ3n) is 3.71. The van der Waals surface area contributed by atoms with Crippen LogP contribution in [-0.4, -0.2) is 5.91 Å². The second-order valence-electron chi connectivity index (χ2n) is 5.76. The van der Waals surface area contributed by atoms with E-state index in [1.807, 2.05) is 0 Å². The normalized spacial score (nSPS) is 10.7. The lowest BCUT2D eigenvalue weighted by Gasteiger charge is -2.06. The van der Waals surface area contributed by atoms with Crippen molar-refractivity contribution >= 4 is 11.6 Å². The van der Waals surface area contributed by atoms with E-state index in [4.69, 9.17) is 0 Å². The average Bonchev–Trinajstić information content (AvgIpc) is 2.49. The summed E-state index contributed by atoms with van der Waals surface area (Å²) in [7, 11) is 0. The van der Waals surface area contributed by atoms with Gasteiger partial charge in [-0.1, -0.05) is 58.3 Å². The first-order valence-electron chi connectivity index (χ1n) is 8.38. The molecule has 0 saturated carbocycles. The summed E-state index contributed by atoms with van der Waals surface area (Å²) in [4.78, 5) is 11.7. The van der Waals surface area contributed by atoms with Gasteiger partial charge in [-0.05, 0) is 18.6 Å². The Balaban J connectivity index is 2.05. The zero-order valence-electron chi connectivity index (χ0n) is 13.5. The summed E-state index contributed by atoms with van der Waals surface area (Å²) in [6.45, 7) is 2.21. The van der Waals surface area contributed by atoms with Crippen LogP contribution < -0.4 is 5.32 Å². The molecule has 22 heavy (non-hydrogen) atoms. The topological polar surface area (TPSA) is 29.1 Å². The van der Waals surface area contributed by atoms with Crippen LogP contribution in [0.5, 0.6) is 0 Å². The molecule has 0 bridgehead atoms. The van der Waals surface area contributed by atoms with Gasteiger partial charge in [0.15, 0.2) is 11.6 Å². The smallest absolute Gasteiger partial charge is 0.224 e. The lowest BCUT2D eigenvalue weighted by atomic mass is 10.1. The van der Waals surface area contributed by atoms with Crippen molar-refractivity contribution < 1.29 is 13.6 Å². The first-order chi connectivity index (χ1) is 10.6. The standard InChI is InChI=1S/C18H27F2NO/c1-2-3-4-5-6-7-8-9-10-11-18(22)21-15-12-13-16(19)17(20)14-15/h12-14H,2-11H2,1H3,(H,21,22). The van der Waals surface area contributed by atoms with Gasteiger partial charge in [-0.25, -0.2) is 8.78 Å². The van der Waals surface area contributed by atoms with Gasteiger partial charge in [0.2, 0.25) is 5.91 Å². The summed E-state index contributed by atoms with van der Waals surface area (Å²) in [5.74, 6) is -1.99. The fraction of sp³-hybridized carbons (Fsp3) is 0.611. The van der Waals surface area contributed by atoms with Crippen molar-refractivity contribution in [3.63, 3.8) is 0 Å².